The number of nitrogens with one attached hydrogen (secondary N) is 2. The number of benzene rings is 2. The van der Waals surface area contributed by atoms with E-state index >= 15 is 0 Å². The third-order valence-corrected chi connectivity index (χ3v) is 4.65. The van der Waals surface area contributed by atoms with Crippen molar-refractivity contribution in [1.29, 1.82) is 0 Å². The summed E-state index contributed by atoms with van der Waals surface area (Å²) in [7, 11) is 0. The van der Waals surface area contributed by atoms with E-state index in [9.17, 15) is 14.4 Å². The fourth-order valence-electron chi connectivity index (χ4n) is 3.16. The van der Waals surface area contributed by atoms with Crippen LogP contribution in [0.4, 0.5) is 4.79 Å². The summed E-state index contributed by atoms with van der Waals surface area (Å²) < 4.78 is 5.22. The molecule has 0 saturated heterocycles. The van der Waals surface area contributed by atoms with Crippen molar-refractivity contribution in [3.8, 4) is 12.5 Å². The maximum absolute atomic E-state index is 13.3. The number of ether oxygens (including phenoxy) is 1. The zero-order valence-corrected chi connectivity index (χ0v) is 19.7. The number of terminal acetylenes is 1. The van der Waals surface area contributed by atoms with Gasteiger partial charge in [-0.05, 0) is 45.7 Å². The fraction of sp³-hybridized carbons (Fsp3) is 0.346. The number of aryl methyl sites for hydroxylation is 1. The highest BCUT2D eigenvalue weighted by molar-refractivity contribution is 5.93. The van der Waals surface area contributed by atoms with Gasteiger partial charge in [-0.3, -0.25) is 14.5 Å². The van der Waals surface area contributed by atoms with Gasteiger partial charge in [0.15, 0.2) is 0 Å². The van der Waals surface area contributed by atoms with Crippen molar-refractivity contribution in [3.05, 3.63) is 71.3 Å². The first-order valence-electron chi connectivity index (χ1n) is 10.7. The van der Waals surface area contributed by atoms with Crippen LogP contribution < -0.4 is 10.6 Å². The van der Waals surface area contributed by atoms with E-state index < -0.39 is 35.6 Å². The number of hydrogen-bond acceptors (Lipinski definition) is 4. The van der Waals surface area contributed by atoms with Crippen molar-refractivity contribution in [3.63, 3.8) is 0 Å². The molecule has 2 aromatic carbocycles. The Morgan fingerprint density at radius 3 is 2.33 bits per heavy atom. The zero-order chi connectivity index (χ0) is 24.6. The van der Waals surface area contributed by atoms with Gasteiger partial charge in [0.2, 0.25) is 5.91 Å². The van der Waals surface area contributed by atoms with Gasteiger partial charge in [-0.15, -0.1) is 0 Å². The summed E-state index contributed by atoms with van der Waals surface area (Å²) in [4.78, 5) is 39.6. The molecule has 0 aliphatic rings. The third-order valence-electron chi connectivity index (χ3n) is 4.65. The minimum atomic E-state index is -1.08. The SMILES string of the molecule is C#CN(C(=O)C(C)NC(=O)OC(C)(C)C)C(C(=O)NCc1ccccc1)c1cccc(C)c1. The summed E-state index contributed by atoms with van der Waals surface area (Å²) in [5.41, 5.74) is 1.67. The van der Waals surface area contributed by atoms with Gasteiger partial charge < -0.3 is 15.4 Å². The van der Waals surface area contributed by atoms with Crippen molar-refractivity contribution < 1.29 is 19.1 Å². The fourth-order valence-corrected chi connectivity index (χ4v) is 3.16. The average molecular weight is 450 g/mol. The van der Waals surface area contributed by atoms with E-state index in [0.717, 1.165) is 16.0 Å². The largest absolute Gasteiger partial charge is 0.444 e. The van der Waals surface area contributed by atoms with Crippen LogP contribution >= 0.6 is 0 Å². The normalized spacial score (nSPS) is 12.6. The van der Waals surface area contributed by atoms with Gasteiger partial charge in [-0.2, -0.15) is 0 Å². The molecule has 0 aliphatic heterocycles. The molecule has 0 spiro atoms. The van der Waals surface area contributed by atoms with E-state index in [1.807, 2.05) is 43.3 Å². The second-order valence-corrected chi connectivity index (χ2v) is 8.73. The van der Waals surface area contributed by atoms with Crippen LogP contribution in [0.5, 0.6) is 0 Å². The van der Waals surface area contributed by atoms with E-state index in [1.54, 1.807) is 39.0 Å². The third kappa shape index (κ3) is 7.69. The Morgan fingerprint density at radius 2 is 1.76 bits per heavy atom. The molecule has 0 bridgehead atoms. The first-order valence-corrected chi connectivity index (χ1v) is 10.7. The molecular formula is C26H31N3O4. The van der Waals surface area contributed by atoms with Crippen molar-refractivity contribution in [2.45, 2.75) is 58.8 Å². The summed E-state index contributed by atoms with van der Waals surface area (Å²) in [6.07, 6.45) is 4.95. The second-order valence-electron chi connectivity index (χ2n) is 8.73. The Bertz CT molecular complexity index is 1020. The highest BCUT2D eigenvalue weighted by atomic mass is 16.6. The van der Waals surface area contributed by atoms with E-state index in [1.165, 1.54) is 6.92 Å². The lowest BCUT2D eigenvalue weighted by Crippen LogP contribution is -2.50. The Kier molecular flexibility index (Phi) is 8.63. The number of carbonyl (C=O) groups is 3. The highest BCUT2D eigenvalue weighted by Gasteiger charge is 2.34. The van der Waals surface area contributed by atoms with Crippen LogP contribution in [0.3, 0.4) is 0 Å². The van der Waals surface area contributed by atoms with Crippen LogP contribution in [-0.2, 0) is 20.9 Å². The van der Waals surface area contributed by atoms with E-state index in [4.69, 9.17) is 11.2 Å². The van der Waals surface area contributed by atoms with Gasteiger partial charge in [0.25, 0.3) is 5.91 Å². The molecule has 0 saturated carbocycles. The zero-order valence-electron chi connectivity index (χ0n) is 19.7. The predicted octanol–water partition coefficient (Wildman–Crippen LogP) is 3.69. The molecule has 2 aromatic rings. The molecule has 0 heterocycles. The van der Waals surface area contributed by atoms with Crippen molar-refractivity contribution in [1.82, 2.24) is 15.5 Å². The molecule has 7 heteroatoms. The summed E-state index contributed by atoms with van der Waals surface area (Å²) >= 11 is 0. The van der Waals surface area contributed by atoms with E-state index in [-0.39, 0.29) is 6.54 Å². The van der Waals surface area contributed by atoms with Crippen LogP contribution in [-0.4, -0.2) is 34.5 Å². The number of alkyl carbamates (subject to hydrolysis) is 1. The van der Waals surface area contributed by atoms with Gasteiger partial charge >= 0.3 is 6.09 Å². The summed E-state index contributed by atoms with van der Waals surface area (Å²) in [5, 5.41) is 5.34. The number of hydrogen-bond donors (Lipinski definition) is 2. The van der Waals surface area contributed by atoms with Gasteiger partial charge in [0.1, 0.15) is 17.7 Å². The minimum absolute atomic E-state index is 0.278. The van der Waals surface area contributed by atoms with Gasteiger partial charge in [0, 0.05) is 12.6 Å². The maximum atomic E-state index is 13.3. The smallest absolute Gasteiger partial charge is 0.408 e. The molecule has 3 amide bonds. The van der Waals surface area contributed by atoms with Crippen LogP contribution in [0, 0.1) is 19.4 Å². The van der Waals surface area contributed by atoms with E-state index in [2.05, 4.69) is 16.7 Å². The first-order chi connectivity index (χ1) is 15.5. The van der Waals surface area contributed by atoms with Crippen molar-refractivity contribution in [2.24, 2.45) is 0 Å². The summed E-state index contributed by atoms with van der Waals surface area (Å²) in [6, 6.07) is 16.9. The molecule has 2 N–H and O–H groups in total. The van der Waals surface area contributed by atoms with E-state index in [0.29, 0.717) is 5.56 Å². The number of amides is 3. The number of rotatable bonds is 7. The minimum Gasteiger partial charge on any atom is -0.444 e. The molecule has 0 aliphatic carbocycles. The van der Waals surface area contributed by atoms with Crippen LogP contribution in [0.25, 0.3) is 0 Å². The molecule has 2 unspecified atom stereocenters. The molecule has 33 heavy (non-hydrogen) atoms. The predicted molar refractivity (Wildman–Crippen MR) is 127 cm³/mol. The quantitative estimate of drug-likeness (QED) is 0.499. The lowest BCUT2D eigenvalue weighted by atomic mass is 10.0. The van der Waals surface area contributed by atoms with Crippen LogP contribution in [0.2, 0.25) is 0 Å². The Morgan fingerprint density at radius 1 is 1.09 bits per heavy atom. The number of nitrogens with zero attached hydrogens (tertiary/aromatic N) is 1. The lowest BCUT2D eigenvalue weighted by Gasteiger charge is -2.29. The molecule has 0 radical (unpaired) electrons. The topological polar surface area (TPSA) is 87.7 Å². The number of carbonyl (C=O) groups excluding carboxylic acids is 3. The van der Waals surface area contributed by atoms with Crippen molar-refractivity contribution >= 4 is 17.9 Å². The molecule has 0 fully saturated rings. The standard InChI is InChI=1S/C26H31N3O4/c1-7-29(24(31)19(3)28-25(32)33-26(4,5)6)22(21-15-11-12-18(2)16-21)23(30)27-17-20-13-9-8-10-14-20/h1,8-16,19,22H,17H2,2-6H3,(H,27,30)(H,28,32). The molecular weight excluding hydrogens is 418 g/mol. The molecule has 174 valence electrons. The van der Waals surface area contributed by atoms with Crippen LogP contribution in [0.15, 0.2) is 54.6 Å². The molecule has 2 atom stereocenters. The molecule has 2 rings (SSSR count). The average Bonchev–Trinajstić information content (AvgIpc) is 2.74. The van der Waals surface area contributed by atoms with Crippen molar-refractivity contribution in [2.75, 3.05) is 0 Å². The van der Waals surface area contributed by atoms with Gasteiger partial charge in [-0.1, -0.05) is 66.6 Å². The Hall–Kier alpha value is -3.79. The Labute approximate surface area is 195 Å². The summed E-state index contributed by atoms with van der Waals surface area (Å²) in [5.74, 6) is -1.04. The molecule has 7 nitrogen and oxygen atoms in total. The Balaban J connectivity index is 2.27. The first kappa shape index (κ1) is 25.5. The van der Waals surface area contributed by atoms with Gasteiger partial charge in [-0.25, -0.2) is 4.79 Å². The summed E-state index contributed by atoms with van der Waals surface area (Å²) in [6.45, 7) is 8.82. The monoisotopic (exact) mass is 449 g/mol. The molecule has 0 aromatic heterocycles. The lowest BCUT2D eigenvalue weighted by molar-refractivity contribution is -0.138. The second kappa shape index (κ2) is 11.2. The van der Waals surface area contributed by atoms with Crippen LogP contribution in [0.1, 0.15) is 50.4 Å². The van der Waals surface area contributed by atoms with Gasteiger partial charge in [0.05, 0.1) is 0 Å². The highest BCUT2D eigenvalue weighted by Crippen LogP contribution is 2.23. The maximum Gasteiger partial charge on any atom is 0.408 e.